The van der Waals surface area contributed by atoms with Crippen LogP contribution in [0.5, 0.6) is 0 Å². The Kier molecular flexibility index (Phi) is 17.9. The van der Waals surface area contributed by atoms with Crippen LogP contribution in [-0.2, 0) is 33.4 Å². The standard InChI is InChI=1S/C14H22O6.C6H13NO/c1-4-8-18-12(15)6-7-13(16)19-9-10-20-14(17)11(3)5-2;1-4-5(2)7-6(3)8/h4,11H,1,5-10H2,2-3H3;5H,4H2,1-3H3,(H,7,8). The van der Waals surface area contributed by atoms with Crippen LogP contribution >= 0.6 is 0 Å². The van der Waals surface area contributed by atoms with E-state index >= 15 is 0 Å². The van der Waals surface area contributed by atoms with Crippen molar-refractivity contribution in [3.63, 3.8) is 0 Å². The molecule has 0 aromatic rings. The Bertz CT molecular complexity index is 491. The summed E-state index contributed by atoms with van der Waals surface area (Å²) in [5, 5.41) is 2.75. The van der Waals surface area contributed by atoms with Crippen LogP contribution in [0.4, 0.5) is 0 Å². The minimum atomic E-state index is -0.528. The predicted octanol–water partition coefficient (Wildman–Crippen LogP) is 2.55. The van der Waals surface area contributed by atoms with Crippen LogP contribution in [0.15, 0.2) is 12.7 Å². The zero-order valence-electron chi connectivity index (χ0n) is 17.7. The molecule has 2 atom stereocenters. The number of esters is 3. The number of amides is 1. The topological polar surface area (TPSA) is 108 Å². The monoisotopic (exact) mass is 401 g/mol. The average Bonchev–Trinajstić information content (AvgIpc) is 2.66. The van der Waals surface area contributed by atoms with E-state index in [1.807, 2.05) is 20.8 Å². The first-order chi connectivity index (χ1) is 13.2. The molecule has 28 heavy (non-hydrogen) atoms. The van der Waals surface area contributed by atoms with Crippen molar-refractivity contribution in [3.8, 4) is 0 Å². The van der Waals surface area contributed by atoms with Crippen molar-refractivity contribution in [1.82, 2.24) is 5.32 Å². The molecule has 0 rings (SSSR count). The van der Waals surface area contributed by atoms with Gasteiger partial charge in [-0.3, -0.25) is 19.2 Å². The van der Waals surface area contributed by atoms with Crippen molar-refractivity contribution in [2.45, 2.75) is 66.3 Å². The van der Waals surface area contributed by atoms with Gasteiger partial charge < -0.3 is 19.5 Å². The van der Waals surface area contributed by atoms with Gasteiger partial charge in [-0.1, -0.05) is 33.4 Å². The second kappa shape index (κ2) is 18.0. The third kappa shape index (κ3) is 18.4. The smallest absolute Gasteiger partial charge is 0.308 e. The highest BCUT2D eigenvalue weighted by Gasteiger charge is 2.12. The highest BCUT2D eigenvalue weighted by atomic mass is 16.6. The van der Waals surface area contributed by atoms with Gasteiger partial charge in [-0.05, 0) is 19.8 Å². The maximum absolute atomic E-state index is 11.3. The molecular formula is C20H35NO7. The van der Waals surface area contributed by atoms with E-state index in [-0.39, 0.29) is 50.5 Å². The highest BCUT2D eigenvalue weighted by molar-refractivity contribution is 5.77. The Morgan fingerprint density at radius 1 is 0.929 bits per heavy atom. The van der Waals surface area contributed by atoms with E-state index in [9.17, 15) is 19.2 Å². The Balaban J connectivity index is 0. The Morgan fingerprint density at radius 3 is 1.89 bits per heavy atom. The molecular weight excluding hydrogens is 366 g/mol. The molecule has 0 radical (unpaired) electrons. The van der Waals surface area contributed by atoms with E-state index in [0.29, 0.717) is 12.5 Å². The van der Waals surface area contributed by atoms with Crippen LogP contribution in [0.25, 0.3) is 0 Å². The molecule has 0 saturated heterocycles. The SMILES string of the molecule is C=CCOC(=O)CCC(=O)OCCOC(=O)C(C)CC.CCC(C)NC(C)=O. The quantitative estimate of drug-likeness (QED) is 0.232. The number of hydrogen-bond donors (Lipinski definition) is 1. The molecule has 2 unspecified atom stereocenters. The summed E-state index contributed by atoms with van der Waals surface area (Å²) in [6.45, 7) is 12.8. The zero-order valence-corrected chi connectivity index (χ0v) is 17.7. The summed E-state index contributed by atoms with van der Waals surface area (Å²) < 4.78 is 14.4. The first-order valence-corrected chi connectivity index (χ1v) is 9.53. The molecule has 0 heterocycles. The largest absolute Gasteiger partial charge is 0.462 e. The summed E-state index contributed by atoms with van der Waals surface area (Å²) >= 11 is 0. The van der Waals surface area contributed by atoms with Crippen LogP contribution in [0, 0.1) is 5.92 Å². The molecule has 0 aliphatic rings. The van der Waals surface area contributed by atoms with E-state index in [2.05, 4.69) is 11.9 Å². The van der Waals surface area contributed by atoms with Crippen LogP contribution in [-0.4, -0.2) is 49.7 Å². The highest BCUT2D eigenvalue weighted by Crippen LogP contribution is 2.03. The molecule has 1 amide bonds. The number of carbonyl (C=O) groups excluding carboxylic acids is 4. The van der Waals surface area contributed by atoms with Crippen molar-refractivity contribution in [3.05, 3.63) is 12.7 Å². The summed E-state index contributed by atoms with van der Waals surface area (Å²) in [7, 11) is 0. The molecule has 8 heteroatoms. The van der Waals surface area contributed by atoms with Crippen LogP contribution in [0.2, 0.25) is 0 Å². The Hall–Kier alpha value is -2.38. The van der Waals surface area contributed by atoms with Gasteiger partial charge in [0, 0.05) is 13.0 Å². The van der Waals surface area contributed by atoms with Gasteiger partial charge in [0.15, 0.2) is 0 Å². The lowest BCUT2D eigenvalue weighted by atomic mass is 10.1. The molecule has 0 aromatic heterocycles. The van der Waals surface area contributed by atoms with Crippen molar-refractivity contribution in [2.75, 3.05) is 19.8 Å². The number of nitrogens with one attached hydrogen (secondary N) is 1. The zero-order chi connectivity index (χ0) is 21.9. The molecule has 8 nitrogen and oxygen atoms in total. The fourth-order valence-electron chi connectivity index (χ4n) is 1.56. The van der Waals surface area contributed by atoms with Crippen LogP contribution < -0.4 is 5.32 Å². The number of ether oxygens (including phenoxy) is 3. The normalized spacial score (nSPS) is 11.8. The molecule has 1 N–H and O–H groups in total. The molecule has 0 saturated carbocycles. The molecule has 0 spiro atoms. The van der Waals surface area contributed by atoms with E-state index in [0.717, 1.165) is 6.42 Å². The molecule has 0 aliphatic carbocycles. The van der Waals surface area contributed by atoms with E-state index < -0.39 is 11.9 Å². The fraction of sp³-hybridized carbons (Fsp3) is 0.700. The number of hydrogen-bond acceptors (Lipinski definition) is 7. The van der Waals surface area contributed by atoms with Crippen LogP contribution in [0.1, 0.15) is 60.3 Å². The van der Waals surface area contributed by atoms with E-state index in [4.69, 9.17) is 14.2 Å². The van der Waals surface area contributed by atoms with Crippen molar-refractivity contribution < 1.29 is 33.4 Å². The fourth-order valence-corrected chi connectivity index (χ4v) is 1.56. The second-order valence-corrected chi connectivity index (χ2v) is 6.18. The molecule has 162 valence electrons. The lowest BCUT2D eigenvalue weighted by Crippen LogP contribution is -2.29. The van der Waals surface area contributed by atoms with Crippen molar-refractivity contribution in [1.29, 1.82) is 0 Å². The summed E-state index contributed by atoms with van der Waals surface area (Å²) in [4.78, 5) is 44.0. The second-order valence-electron chi connectivity index (χ2n) is 6.18. The summed E-state index contributed by atoms with van der Waals surface area (Å²) in [5.41, 5.74) is 0. The average molecular weight is 402 g/mol. The first kappa shape index (κ1) is 27.8. The summed E-state index contributed by atoms with van der Waals surface area (Å²) in [5.74, 6) is -1.42. The van der Waals surface area contributed by atoms with Gasteiger partial charge in [-0.15, -0.1) is 0 Å². The lowest BCUT2D eigenvalue weighted by Gasteiger charge is -2.09. The van der Waals surface area contributed by atoms with Gasteiger partial charge in [0.2, 0.25) is 5.91 Å². The van der Waals surface area contributed by atoms with Gasteiger partial charge in [-0.2, -0.15) is 0 Å². The van der Waals surface area contributed by atoms with Gasteiger partial charge in [0.1, 0.15) is 19.8 Å². The molecule has 0 bridgehead atoms. The van der Waals surface area contributed by atoms with Gasteiger partial charge in [0.05, 0.1) is 18.8 Å². The Morgan fingerprint density at radius 2 is 1.46 bits per heavy atom. The van der Waals surface area contributed by atoms with Gasteiger partial charge >= 0.3 is 17.9 Å². The molecule has 0 fully saturated rings. The maximum Gasteiger partial charge on any atom is 0.308 e. The molecule has 0 aliphatic heterocycles. The van der Waals surface area contributed by atoms with Crippen LogP contribution in [0.3, 0.4) is 0 Å². The van der Waals surface area contributed by atoms with E-state index in [1.165, 1.54) is 13.0 Å². The van der Waals surface area contributed by atoms with Crippen molar-refractivity contribution in [2.24, 2.45) is 5.92 Å². The minimum absolute atomic E-state index is 0.0112. The lowest BCUT2D eigenvalue weighted by molar-refractivity contribution is -0.155. The van der Waals surface area contributed by atoms with Gasteiger partial charge in [-0.25, -0.2) is 0 Å². The third-order valence-electron chi connectivity index (χ3n) is 3.56. The third-order valence-corrected chi connectivity index (χ3v) is 3.56. The molecule has 0 aromatic carbocycles. The summed E-state index contributed by atoms with van der Waals surface area (Å²) in [6, 6.07) is 0.326. The number of rotatable bonds is 12. The first-order valence-electron chi connectivity index (χ1n) is 9.53. The summed E-state index contributed by atoms with van der Waals surface area (Å²) in [6.07, 6.45) is 3.04. The number of carbonyl (C=O) groups is 4. The Labute approximate surface area is 168 Å². The predicted molar refractivity (Wildman–Crippen MR) is 105 cm³/mol. The maximum atomic E-state index is 11.3. The van der Waals surface area contributed by atoms with Crippen molar-refractivity contribution >= 4 is 23.8 Å². The minimum Gasteiger partial charge on any atom is -0.462 e. The van der Waals surface area contributed by atoms with Gasteiger partial charge in [0.25, 0.3) is 0 Å². The van der Waals surface area contributed by atoms with E-state index in [1.54, 1.807) is 6.92 Å².